The van der Waals surface area contributed by atoms with Crippen molar-refractivity contribution in [2.45, 2.75) is 6.92 Å². The summed E-state index contributed by atoms with van der Waals surface area (Å²) in [5.74, 6) is -0.0538. The number of hydrogen-bond acceptors (Lipinski definition) is 4. The van der Waals surface area contributed by atoms with Gasteiger partial charge >= 0.3 is 5.97 Å². The Morgan fingerprint density at radius 2 is 1.95 bits per heavy atom. The predicted molar refractivity (Wildman–Crippen MR) is 78.1 cm³/mol. The van der Waals surface area contributed by atoms with E-state index in [0.717, 1.165) is 5.56 Å². The van der Waals surface area contributed by atoms with Gasteiger partial charge in [-0.3, -0.25) is 4.79 Å². The summed E-state index contributed by atoms with van der Waals surface area (Å²) in [6, 6.07) is 13.0. The van der Waals surface area contributed by atoms with Crippen LogP contribution in [0.5, 0.6) is 5.88 Å². The Bertz CT molecular complexity index is 798. The molecule has 2 heterocycles. The van der Waals surface area contributed by atoms with Gasteiger partial charge in [0.05, 0.1) is 5.69 Å². The molecule has 0 atom stereocenters. The minimum Gasteiger partial charge on any atom is -0.406 e. The number of pyridine rings is 1. The van der Waals surface area contributed by atoms with E-state index in [0.29, 0.717) is 11.5 Å². The molecule has 0 radical (unpaired) electrons. The number of aromatic nitrogens is 3. The van der Waals surface area contributed by atoms with Crippen LogP contribution in [0.25, 0.3) is 17.1 Å². The van der Waals surface area contributed by atoms with E-state index in [1.165, 1.54) is 19.1 Å². The molecule has 110 valence electrons. The van der Waals surface area contributed by atoms with Gasteiger partial charge in [-0.1, -0.05) is 6.07 Å². The van der Waals surface area contributed by atoms with Gasteiger partial charge in [0.2, 0.25) is 5.88 Å². The van der Waals surface area contributed by atoms with Crippen LogP contribution >= 0.6 is 0 Å². The first kappa shape index (κ1) is 13.9. The third-order valence-corrected chi connectivity index (χ3v) is 2.94. The highest BCUT2D eigenvalue weighted by Crippen LogP contribution is 2.26. The molecule has 0 spiro atoms. The zero-order chi connectivity index (χ0) is 15.5. The maximum absolute atomic E-state index is 13.1. The number of hydrogen-bond donors (Lipinski definition) is 0. The highest BCUT2D eigenvalue weighted by molar-refractivity contribution is 5.70. The topological polar surface area (TPSA) is 57.0 Å². The van der Waals surface area contributed by atoms with E-state index in [4.69, 9.17) is 4.74 Å². The van der Waals surface area contributed by atoms with Crippen molar-refractivity contribution in [3.63, 3.8) is 0 Å². The van der Waals surface area contributed by atoms with E-state index >= 15 is 0 Å². The second kappa shape index (κ2) is 5.77. The fourth-order valence-electron chi connectivity index (χ4n) is 2.04. The summed E-state index contributed by atoms with van der Waals surface area (Å²) in [5, 5.41) is 4.24. The smallest absolute Gasteiger partial charge is 0.309 e. The van der Waals surface area contributed by atoms with Crippen molar-refractivity contribution in [2.75, 3.05) is 0 Å². The maximum atomic E-state index is 13.1. The predicted octanol–water partition coefficient (Wildman–Crippen LogP) is 3.00. The first-order chi connectivity index (χ1) is 10.6. The highest BCUT2D eigenvalue weighted by Gasteiger charge is 2.14. The number of rotatable bonds is 3. The van der Waals surface area contributed by atoms with Crippen LogP contribution < -0.4 is 4.74 Å². The van der Waals surface area contributed by atoms with Crippen molar-refractivity contribution >= 4 is 5.97 Å². The molecule has 5 nitrogen and oxygen atoms in total. The first-order valence-electron chi connectivity index (χ1n) is 6.59. The molecule has 3 aromatic rings. The molecule has 0 amide bonds. The zero-order valence-corrected chi connectivity index (χ0v) is 11.7. The lowest BCUT2D eigenvalue weighted by molar-refractivity contribution is -0.132. The van der Waals surface area contributed by atoms with E-state index in [-0.39, 0.29) is 11.7 Å². The molecule has 0 aliphatic rings. The Hall–Kier alpha value is -3.02. The van der Waals surface area contributed by atoms with Crippen LogP contribution in [0.1, 0.15) is 6.92 Å². The van der Waals surface area contributed by atoms with Crippen LogP contribution in [0, 0.1) is 5.82 Å². The van der Waals surface area contributed by atoms with Gasteiger partial charge in [-0.2, -0.15) is 0 Å². The van der Waals surface area contributed by atoms with Crippen molar-refractivity contribution in [1.82, 2.24) is 14.8 Å². The quantitative estimate of drug-likeness (QED) is 0.697. The monoisotopic (exact) mass is 297 g/mol. The second-order valence-corrected chi connectivity index (χ2v) is 4.57. The average Bonchev–Trinajstić information content (AvgIpc) is 2.92. The van der Waals surface area contributed by atoms with E-state index in [1.807, 2.05) is 6.07 Å². The van der Waals surface area contributed by atoms with Gasteiger partial charge in [-0.15, -0.1) is 5.10 Å². The largest absolute Gasteiger partial charge is 0.406 e. The standard InChI is InChI=1S/C16H12FN3O2/c1-11(21)22-16-10-14(12-5-7-13(17)8-6-12)20(19-16)15-4-2-3-9-18-15/h2-10H,1H3. The fourth-order valence-corrected chi connectivity index (χ4v) is 2.04. The van der Waals surface area contributed by atoms with Gasteiger partial charge in [0, 0.05) is 24.8 Å². The van der Waals surface area contributed by atoms with Gasteiger partial charge in [0.15, 0.2) is 5.82 Å². The van der Waals surface area contributed by atoms with Crippen molar-refractivity contribution in [3.05, 3.63) is 60.5 Å². The van der Waals surface area contributed by atoms with Gasteiger partial charge in [-0.05, 0) is 36.4 Å². The normalized spacial score (nSPS) is 10.5. The zero-order valence-electron chi connectivity index (χ0n) is 11.7. The van der Waals surface area contributed by atoms with E-state index in [2.05, 4.69) is 10.1 Å². The van der Waals surface area contributed by atoms with Crippen LogP contribution in [0.15, 0.2) is 54.7 Å². The minimum atomic E-state index is -0.462. The summed E-state index contributed by atoms with van der Waals surface area (Å²) in [7, 11) is 0. The third kappa shape index (κ3) is 2.85. The van der Waals surface area contributed by atoms with Crippen LogP contribution in [0.2, 0.25) is 0 Å². The third-order valence-electron chi connectivity index (χ3n) is 2.94. The highest BCUT2D eigenvalue weighted by atomic mass is 19.1. The molecular weight excluding hydrogens is 285 g/mol. The molecule has 0 aliphatic carbocycles. The Labute approximate surface area is 126 Å². The lowest BCUT2D eigenvalue weighted by Gasteiger charge is -2.05. The minimum absolute atomic E-state index is 0.164. The molecule has 0 saturated carbocycles. The van der Waals surface area contributed by atoms with Crippen molar-refractivity contribution in [2.24, 2.45) is 0 Å². The summed E-state index contributed by atoms with van der Waals surface area (Å²) in [6.07, 6.45) is 1.64. The summed E-state index contributed by atoms with van der Waals surface area (Å²) in [4.78, 5) is 15.3. The molecule has 1 aromatic carbocycles. The van der Waals surface area contributed by atoms with Crippen molar-refractivity contribution < 1.29 is 13.9 Å². The Balaban J connectivity index is 2.12. The van der Waals surface area contributed by atoms with Crippen LogP contribution in [0.4, 0.5) is 4.39 Å². The number of halogens is 1. The molecule has 6 heteroatoms. The lowest BCUT2D eigenvalue weighted by Crippen LogP contribution is -2.04. The Morgan fingerprint density at radius 1 is 1.18 bits per heavy atom. The molecule has 0 fully saturated rings. The summed E-state index contributed by atoms with van der Waals surface area (Å²) >= 11 is 0. The van der Waals surface area contributed by atoms with Gasteiger partial charge < -0.3 is 4.74 Å². The van der Waals surface area contributed by atoms with Crippen LogP contribution in [-0.2, 0) is 4.79 Å². The van der Waals surface area contributed by atoms with Crippen LogP contribution in [0.3, 0.4) is 0 Å². The Morgan fingerprint density at radius 3 is 2.59 bits per heavy atom. The maximum Gasteiger partial charge on any atom is 0.309 e. The molecule has 0 unspecified atom stereocenters. The SMILES string of the molecule is CC(=O)Oc1cc(-c2ccc(F)cc2)n(-c2ccccn2)n1. The lowest BCUT2D eigenvalue weighted by atomic mass is 10.1. The van der Waals surface area contributed by atoms with Crippen molar-refractivity contribution in [1.29, 1.82) is 0 Å². The van der Waals surface area contributed by atoms with Gasteiger partial charge in [-0.25, -0.2) is 14.1 Å². The summed E-state index contributed by atoms with van der Waals surface area (Å²) in [5.41, 5.74) is 1.38. The number of benzene rings is 1. The van der Waals surface area contributed by atoms with Gasteiger partial charge in [0.1, 0.15) is 5.82 Å². The van der Waals surface area contributed by atoms with Crippen molar-refractivity contribution in [3.8, 4) is 23.0 Å². The van der Waals surface area contributed by atoms with Gasteiger partial charge in [0.25, 0.3) is 0 Å². The second-order valence-electron chi connectivity index (χ2n) is 4.57. The number of ether oxygens (including phenoxy) is 1. The van der Waals surface area contributed by atoms with E-state index in [1.54, 1.807) is 41.2 Å². The molecule has 3 rings (SSSR count). The van der Waals surface area contributed by atoms with E-state index < -0.39 is 5.97 Å². The summed E-state index contributed by atoms with van der Waals surface area (Å²) in [6.45, 7) is 1.30. The molecule has 0 N–H and O–H groups in total. The number of carbonyl (C=O) groups is 1. The summed E-state index contributed by atoms with van der Waals surface area (Å²) < 4.78 is 19.7. The fraction of sp³-hybridized carbons (Fsp3) is 0.0625. The molecule has 22 heavy (non-hydrogen) atoms. The molecule has 0 bridgehead atoms. The Kier molecular flexibility index (Phi) is 3.65. The van der Waals surface area contributed by atoms with Crippen LogP contribution in [-0.4, -0.2) is 20.7 Å². The first-order valence-corrected chi connectivity index (χ1v) is 6.59. The molecule has 0 aliphatic heterocycles. The molecule has 2 aromatic heterocycles. The number of nitrogens with zero attached hydrogens (tertiary/aromatic N) is 3. The molecular formula is C16H12FN3O2. The number of esters is 1. The van der Waals surface area contributed by atoms with E-state index in [9.17, 15) is 9.18 Å². The average molecular weight is 297 g/mol. The number of carbonyl (C=O) groups excluding carboxylic acids is 1. The molecule has 0 saturated heterocycles.